The molecule has 3 N–H and O–H groups in total. The first-order valence-electron chi connectivity index (χ1n) is 12.8. The Morgan fingerprint density at radius 1 is 1.33 bits per heavy atom. The standard InChI is InChI=1S/C27H35F3N4O5/c1-25(2)14-21(35)34(24(31)33-25)18(8-7-11-37-5)15-12-16(15)23(36)32-17-13-26(3,4)38-19-9-6-10-20(22(17)19)39-27(28,29)30/h6-10,15-18H,11-14H2,1-5H3,(H2,31,33)(H,32,36)/b8-7+/t15-,16-,17?,18?/m1/s1. The van der Waals surface area contributed by atoms with Gasteiger partial charge < -0.3 is 24.8 Å². The van der Waals surface area contributed by atoms with Crippen molar-refractivity contribution in [2.45, 2.75) is 76.5 Å². The molecule has 39 heavy (non-hydrogen) atoms. The number of benzene rings is 1. The lowest BCUT2D eigenvalue weighted by molar-refractivity contribution is -0.275. The van der Waals surface area contributed by atoms with Crippen LogP contribution < -0.4 is 20.1 Å². The van der Waals surface area contributed by atoms with Gasteiger partial charge in [-0.05, 0) is 52.2 Å². The Hall–Kier alpha value is -3.28. The molecule has 0 radical (unpaired) electrons. The van der Waals surface area contributed by atoms with Crippen LogP contribution in [0.1, 0.15) is 58.6 Å². The number of guanidine groups is 1. The second-order valence-corrected chi connectivity index (χ2v) is 11.5. The van der Waals surface area contributed by atoms with Crippen molar-refractivity contribution in [3.05, 3.63) is 35.9 Å². The van der Waals surface area contributed by atoms with Gasteiger partial charge in [0.15, 0.2) is 5.96 Å². The molecule has 214 valence electrons. The van der Waals surface area contributed by atoms with Gasteiger partial charge in [0.1, 0.15) is 17.1 Å². The summed E-state index contributed by atoms with van der Waals surface area (Å²) in [5.74, 6) is -1.59. The van der Waals surface area contributed by atoms with Gasteiger partial charge in [-0.25, -0.2) is 0 Å². The van der Waals surface area contributed by atoms with E-state index in [-0.39, 0.29) is 47.8 Å². The molecule has 2 unspecified atom stereocenters. The predicted octanol–water partition coefficient (Wildman–Crippen LogP) is 4.05. The molecule has 2 heterocycles. The number of methoxy groups -OCH3 is 1. The highest BCUT2D eigenvalue weighted by molar-refractivity contribution is 6.00. The molecule has 1 aromatic carbocycles. The average Bonchev–Trinajstić information content (AvgIpc) is 3.55. The van der Waals surface area contributed by atoms with E-state index in [1.807, 2.05) is 13.8 Å². The third kappa shape index (κ3) is 6.66. The molecule has 2 aliphatic heterocycles. The molecule has 1 saturated heterocycles. The molecule has 4 atom stereocenters. The predicted molar refractivity (Wildman–Crippen MR) is 136 cm³/mol. The SMILES string of the molecule is COC/C=C/C([C@@H]1C[C@H]1C(=O)NC1CC(C)(C)Oc2cccc(OC(F)(F)F)c21)N1C(=N)NC(C)(C)CC1=O. The van der Waals surface area contributed by atoms with Gasteiger partial charge in [0.25, 0.3) is 0 Å². The number of rotatable bonds is 8. The molecule has 0 bridgehead atoms. The van der Waals surface area contributed by atoms with Gasteiger partial charge in [0, 0.05) is 31.4 Å². The summed E-state index contributed by atoms with van der Waals surface area (Å²) in [7, 11) is 1.54. The summed E-state index contributed by atoms with van der Waals surface area (Å²) in [6.07, 6.45) is -0.523. The number of hydrogen-bond acceptors (Lipinski definition) is 6. The van der Waals surface area contributed by atoms with Crippen molar-refractivity contribution in [2.24, 2.45) is 11.8 Å². The number of amides is 2. The first-order chi connectivity index (χ1) is 18.1. The molecular formula is C27H35F3N4O5. The van der Waals surface area contributed by atoms with Crippen LogP contribution in [0.15, 0.2) is 30.4 Å². The molecule has 1 saturated carbocycles. The minimum absolute atomic E-state index is 0.0385. The van der Waals surface area contributed by atoms with Gasteiger partial charge >= 0.3 is 6.36 Å². The van der Waals surface area contributed by atoms with Crippen molar-refractivity contribution in [1.82, 2.24) is 15.5 Å². The fourth-order valence-corrected chi connectivity index (χ4v) is 5.44. The van der Waals surface area contributed by atoms with Crippen LogP contribution in [0.4, 0.5) is 13.2 Å². The van der Waals surface area contributed by atoms with Crippen LogP contribution >= 0.6 is 0 Å². The van der Waals surface area contributed by atoms with E-state index >= 15 is 0 Å². The number of carbonyl (C=O) groups is 2. The Bertz CT molecular complexity index is 1150. The zero-order valence-corrected chi connectivity index (χ0v) is 22.6. The summed E-state index contributed by atoms with van der Waals surface area (Å²) in [4.78, 5) is 27.9. The summed E-state index contributed by atoms with van der Waals surface area (Å²) in [5, 5.41) is 14.4. The van der Waals surface area contributed by atoms with Crippen molar-refractivity contribution in [1.29, 1.82) is 5.41 Å². The molecule has 9 nitrogen and oxygen atoms in total. The number of carbonyl (C=O) groups excluding carboxylic acids is 2. The van der Waals surface area contributed by atoms with E-state index in [1.165, 1.54) is 24.1 Å². The molecule has 2 fully saturated rings. The number of fused-ring (bicyclic) bond motifs is 1. The van der Waals surface area contributed by atoms with Gasteiger partial charge in [0.2, 0.25) is 11.8 Å². The van der Waals surface area contributed by atoms with Gasteiger partial charge in [0.05, 0.1) is 24.3 Å². The first kappa shape index (κ1) is 28.7. The topological polar surface area (TPSA) is 113 Å². The Morgan fingerprint density at radius 3 is 2.69 bits per heavy atom. The number of halogens is 3. The Morgan fingerprint density at radius 2 is 2.05 bits per heavy atom. The normalized spacial score (nSPS) is 26.4. The van der Waals surface area contributed by atoms with Crippen molar-refractivity contribution >= 4 is 17.8 Å². The number of alkyl halides is 3. The number of nitrogens with zero attached hydrogens (tertiary/aromatic N) is 1. The third-order valence-electron chi connectivity index (χ3n) is 7.07. The fraction of sp³-hybridized carbons (Fsp3) is 0.593. The highest BCUT2D eigenvalue weighted by Gasteiger charge is 2.52. The van der Waals surface area contributed by atoms with E-state index in [1.54, 1.807) is 32.1 Å². The van der Waals surface area contributed by atoms with Crippen LogP contribution in [0, 0.1) is 17.2 Å². The van der Waals surface area contributed by atoms with E-state index in [9.17, 15) is 22.8 Å². The van der Waals surface area contributed by atoms with Crippen LogP contribution in [0.25, 0.3) is 0 Å². The average molecular weight is 553 g/mol. The lowest BCUT2D eigenvalue weighted by Crippen LogP contribution is -2.62. The Balaban J connectivity index is 1.55. The molecule has 0 aromatic heterocycles. The third-order valence-corrected chi connectivity index (χ3v) is 7.07. The van der Waals surface area contributed by atoms with Gasteiger partial charge in [-0.1, -0.05) is 18.2 Å². The maximum atomic E-state index is 13.4. The lowest BCUT2D eigenvalue weighted by atomic mass is 9.89. The summed E-state index contributed by atoms with van der Waals surface area (Å²) in [6, 6.07) is 2.83. The van der Waals surface area contributed by atoms with Crippen LogP contribution in [0.2, 0.25) is 0 Å². The molecule has 1 aromatic rings. The molecule has 3 aliphatic rings. The summed E-state index contributed by atoms with van der Waals surface area (Å²) in [6.45, 7) is 7.56. The van der Waals surface area contributed by atoms with E-state index in [2.05, 4.69) is 15.4 Å². The first-order valence-corrected chi connectivity index (χ1v) is 12.8. The molecule has 12 heteroatoms. The smallest absolute Gasteiger partial charge is 0.487 e. The van der Waals surface area contributed by atoms with Gasteiger partial charge in [-0.15, -0.1) is 13.2 Å². The number of ether oxygens (including phenoxy) is 3. The summed E-state index contributed by atoms with van der Waals surface area (Å²) >= 11 is 0. The summed E-state index contributed by atoms with van der Waals surface area (Å²) in [5.41, 5.74) is -1.18. The van der Waals surface area contributed by atoms with Crippen LogP contribution in [0.3, 0.4) is 0 Å². The fourth-order valence-electron chi connectivity index (χ4n) is 5.44. The Labute approximate surface area is 225 Å². The van der Waals surface area contributed by atoms with Crippen LogP contribution in [0.5, 0.6) is 11.5 Å². The zero-order chi connectivity index (χ0) is 28.8. The maximum absolute atomic E-state index is 13.4. The monoisotopic (exact) mass is 552 g/mol. The van der Waals surface area contributed by atoms with E-state index in [4.69, 9.17) is 14.9 Å². The largest absolute Gasteiger partial charge is 0.573 e. The maximum Gasteiger partial charge on any atom is 0.573 e. The minimum Gasteiger partial charge on any atom is -0.487 e. The quantitative estimate of drug-likeness (QED) is 0.420. The Kier molecular flexibility index (Phi) is 7.63. The van der Waals surface area contributed by atoms with Crippen LogP contribution in [-0.4, -0.2) is 59.9 Å². The lowest BCUT2D eigenvalue weighted by Gasteiger charge is -2.41. The molecule has 2 amide bonds. The van der Waals surface area contributed by atoms with Gasteiger partial charge in [-0.3, -0.25) is 19.9 Å². The summed E-state index contributed by atoms with van der Waals surface area (Å²) < 4.78 is 54.6. The van der Waals surface area contributed by atoms with E-state index < -0.39 is 41.3 Å². The van der Waals surface area contributed by atoms with E-state index in [0.29, 0.717) is 13.0 Å². The van der Waals surface area contributed by atoms with Crippen LogP contribution in [-0.2, 0) is 14.3 Å². The number of hydrogen-bond donors (Lipinski definition) is 3. The van der Waals surface area contributed by atoms with Crippen molar-refractivity contribution in [2.75, 3.05) is 13.7 Å². The second-order valence-electron chi connectivity index (χ2n) is 11.5. The van der Waals surface area contributed by atoms with E-state index in [0.717, 1.165) is 0 Å². The highest BCUT2D eigenvalue weighted by Crippen LogP contribution is 2.48. The molecule has 4 rings (SSSR count). The minimum atomic E-state index is -4.91. The number of nitrogens with one attached hydrogen (secondary N) is 3. The van der Waals surface area contributed by atoms with Gasteiger partial charge in [-0.2, -0.15) is 0 Å². The molecular weight excluding hydrogens is 517 g/mol. The highest BCUT2D eigenvalue weighted by atomic mass is 19.4. The van der Waals surface area contributed by atoms with Crippen molar-refractivity contribution < 1.29 is 37.0 Å². The zero-order valence-electron chi connectivity index (χ0n) is 22.6. The van der Waals surface area contributed by atoms with Crippen molar-refractivity contribution in [3.63, 3.8) is 0 Å². The second kappa shape index (κ2) is 10.4. The molecule has 0 spiro atoms. The molecule has 1 aliphatic carbocycles. The van der Waals surface area contributed by atoms with Crippen molar-refractivity contribution in [3.8, 4) is 11.5 Å².